The van der Waals surface area contributed by atoms with E-state index in [9.17, 15) is 0 Å². The first-order valence-electron chi connectivity index (χ1n) is 10.6. The summed E-state index contributed by atoms with van der Waals surface area (Å²) in [7, 11) is 0. The second-order valence-corrected chi connectivity index (χ2v) is 12.0. The Morgan fingerprint density at radius 3 is 0.794 bits per heavy atom. The standard InChI is InChI=1S/C28H12Br4N2/c29-13-1-5-17-21(9-13)22-10-14(30)2-6-18(22)26-25(17)33-27-19-7-3-15(31)11-23(19)24-12-16(32)4-8-20(24)28(27)34-26/h1-12H. The molecular weight excluding hydrogens is 684 g/mol. The molecule has 1 heterocycles. The van der Waals surface area contributed by atoms with Crippen LogP contribution in [0.3, 0.4) is 0 Å². The molecule has 0 radical (unpaired) electrons. The molecule has 0 aliphatic carbocycles. The SMILES string of the molecule is Brc1ccc2c(c1)c1cc(Br)ccc1c1nc3c4ccc(Br)cc4c4cc(Br)ccc4c3nc21. The van der Waals surface area contributed by atoms with Gasteiger partial charge in [0.25, 0.3) is 0 Å². The van der Waals surface area contributed by atoms with Gasteiger partial charge < -0.3 is 0 Å². The van der Waals surface area contributed by atoms with E-state index in [0.29, 0.717) is 0 Å². The van der Waals surface area contributed by atoms with Gasteiger partial charge in [-0.15, -0.1) is 0 Å². The molecule has 162 valence electrons. The smallest absolute Gasteiger partial charge is 0.0979 e. The van der Waals surface area contributed by atoms with Crippen molar-refractivity contribution in [3.05, 3.63) is 90.7 Å². The van der Waals surface area contributed by atoms with Gasteiger partial charge in [-0.2, -0.15) is 0 Å². The summed E-state index contributed by atoms with van der Waals surface area (Å²) in [5, 5.41) is 9.01. The number of fused-ring (bicyclic) bond motifs is 12. The number of aromatic nitrogens is 2. The van der Waals surface area contributed by atoms with Crippen LogP contribution in [0.2, 0.25) is 0 Å². The molecule has 0 aliphatic heterocycles. The molecular formula is C28H12Br4N2. The number of hydrogen-bond acceptors (Lipinski definition) is 2. The van der Waals surface area contributed by atoms with Crippen LogP contribution in [0.5, 0.6) is 0 Å². The minimum absolute atomic E-state index is 0.922. The summed E-state index contributed by atoms with van der Waals surface area (Å²) in [6.45, 7) is 0. The van der Waals surface area contributed by atoms with Crippen LogP contribution >= 0.6 is 63.7 Å². The Kier molecular flexibility index (Phi) is 4.79. The zero-order chi connectivity index (χ0) is 23.1. The third kappa shape index (κ3) is 3.08. The summed E-state index contributed by atoms with van der Waals surface area (Å²) in [6.07, 6.45) is 0. The van der Waals surface area contributed by atoms with Crippen LogP contribution in [0.15, 0.2) is 90.7 Å². The lowest BCUT2D eigenvalue weighted by Gasteiger charge is -2.14. The first-order valence-corrected chi connectivity index (χ1v) is 13.8. The molecule has 0 saturated heterocycles. The Hall–Kier alpha value is -2.12. The van der Waals surface area contributed by atoms with Crippen LogP contribution in [0.25, 0.3) is 65.2 Å². The molecule has 34 heavy (non-hydrogen) atoms. The maximum Gasteiger partial charge on any atom is 0.0979 e. The van der Waals surface area contributed by atoms with E-state index in [1.807, 2.05) is 0 Å². The molecule has 2 nitrogen and oxygen atoms in total. The Labute approximate surface area is 227 Å². The van der Waals surface area contributed by atoms with E-state index < -0.39 is 0 Å². The molecule has 7 rings (SSSR count). The maximum absolute atomic E-state index is 5.32. The van der Waals surface area contributed by atoms with Crippen LogP contribution in [0, 0.1) is 0 Å². The first-order chi connectivity index (χ1) is 16.5. The normalized spacial score (nSPS) is 12.1. The quantitative estimate of drug-likeness (QED) is 0.117. The van der Waals surface area contributed by atoms with Crippen molar-refractivity contribution in [2.75, 3.05) is 0 Å². The van der Waals surface area contributed by atoms with Crippen molar-refractivity contribution in [3.63, 3.8) is 0 Å². The second-order valence-electron chi connectivity index (χ2n) is 8.38. The van der Waals surface area contributed by atoms with Crippen molar-refractivity contribution in [2.24, 2.45) is 0 Å². The highest BCUT2D eigenvalue weighted by Gasteiger charge is 2.17. The van der Waals surface area contributed by atoms with Gasteiger partial charge in [-0.25, -0.2) is 9.97 Å². The average molecular weight is 696 g/mol. The van der Waals surface area contributed by atoms with E-state index in [-0.39, 0.29) is 0 Å². The van der Waals surface area contributed by atoms with Gasteiger partial charge in [0.05, 0.1) is 22.1 Å². The predicted molar refractivity (Wildman–Crippen MR) is 158 cm³/mol. The monoisotopic (exact) mass is 692 g/mol. The summed E-state index contributed by atoms with van der Waals surface area (Å²) in [5.74, 6) is 0. The van der Waals surface area contributed by atoms with Gasteiger partial charge in [-0.1, -0.05) is 88.0 Å². The van der Waals surface area contributed by atoms with Crippen LogP contribution in [-0.4, -0.2) is 9.97 Å². The van der Waals surface area contributed by atoms with E-state index in [0.717, 1.165) is 83.0 Å². The second kappa shape index (κ2) is 7.69. The molecule has 6 aromatic carbocycles. The number of rotatable bonds is 0. The highest BCUT2D eigenvalue weighted by Crippen LogP contribution is 2.40. The molecule has 0 unspecified atom stereocenters. The lowest BCUT2D eigenvalue weighted by atomic mass is 9.97. The maximum atomic E-state index is 5.32. The van der Waals surface area contributed by atoms with Crippen molar-refractivity contribution >= 4 is 129 Å². The third-order valence-corrected chi connectivity index (χ3v) is 8.40. The lowest BCUT2D eigenvalue weighted by Crippen LogP contribution is -1.94. The Morgan fingerprint density at radius 2 is 0.559 bits per heavy atom. The Balaban J connectivity index is 1.81. The summed E-state index contributed by atoms with van der Waals surface area (Å²) in [5.41, 5.74) is 3.69. The van der Waals surface area contributed by atoms with Crippen molar-refractivity contribution in [2.45, 2.75) is 0 Å². The van der Waals surface area contributed by atoms with Gasteiger partial charge in [-0.3, -0.25) is 0 Å². The highest BCUT2D eigenvalue weighted by molar-refractivity contribution is 9.11. The van der Waals surface area contributed by atoms with E-state index in [2.05, 4.69) is 137 Å². The molecule has 0 bridgehead atoms. The highest BCUT2D eigenvalue weighted by atomic mass is 79.9. The number of benzene rings is 6. The van der Waals surface area contributed by atoms with Crippen molar-refractivity contribution in [1.82, 2.24) is 9.97 Å². The zero-order valence-corrected chi connectivity index (χ0v) is 23.7. The molecule has 1 aromatic heterocycles. The fourth-order valence-electron chi connectivity index (χ4n) is 4.97. The van der Waals surface area contributed by atoms with Gasteiger partial charge in [-0.05, 0) is 70.1 Å². The minimum atomic E-state index is 0.922. The van der Waals surface area contributed by atoms with Crippen molar-refractivity contribution in [1.29, 1.82) is 0 Å². The van der Waals surface area contributed by atoms with E-state index >= 15 is 0 Å². The van der Waals surface area contributed by atoms with Crippen LogP contribution in [-0.2, 0) is 0 Å². The molecule has 0 N–H and O–H groups in total. The summed E-state index contributed by atoms with van der Waals surface area (Å²) in [6, 6.07) is 25.5. The van der Waals surface area contributed by atoms with E-state index in [4.69, 9.17) is 9.97 Å². The molecule has 7 aromatic rings. The molecule has 6 heteroatoms. The zero-order valence-electron chi connectivity index (χ0n) is 17.3. The average Bonchev–Trinajstić information content (AvgIpc) is 2.83. The topological polar surface area (TPSA) is 25.8 Å². The van der Waals surface area contributed by atoms with Crippen molar-refractivity contribution in [3.8, 4) is 0 Å². The molecule has 0 fully saturated rings. The lowest BCUT2D eigenvalue weighted by molar-refractivity contribution is 1.44. The van der Waals surface area contributed by atoms with E-state index in [1.54, 1.807) is 0 Å². The molecule has 0 amide bonds. The van der Waals surface area contributed by atoms with Gasteiger partial charge in [0.2, 0.25) is 0 Å². The third-order valence-electron chi connectivity index (χ3n) is 6.42. The van der Waals surface area contributed by atoms with Gasteiger partial charge in [0.15, 0.2) is 0 Å². The van der Waals surface area contributed by atoms with Gasteiger partial charge >= 0.3 is 0 Å². The fraction of sp³-hybridized carbons (Fsp3) is 0. The van der Waals surface area contributed by atoms with E-state index in [1.165, 1.54) is 0 Å². The van der Waals surface area contributed by atoms with Gasteiger partial charge in [0, 0.05) is 39.4 Å². The summed E-state index contributed by atoms with van der Waals surface area (Å²) in [4.78, 5) is 10.6. The fourth-order valence-corrected chi connectivity index (χ4v) is 6.41. The summed E-state index contributed by atoms with van der Waals surface area (Å²) >= 11 is 14.6. The Morgan fingerprint density at radius 1 is 0.324 bits per heavy atom. The molecule has 0 spiro atoms. The number of hydrogen-bond donors (Lipinski definition) is 0. The molecule has 0 saturated carbocycles. The number of nitrogens with zero attached hydrogens (tertiary/aromatic N) is 2. The number of halogens is 4. The van der Waals surface area contributed by atoms with Gasteiger partial charge in [0.1, 0.15) is 0 Å². The molecule has 0 aliphatic rings. The predicted octanol–water partition coefficient (Wildman–Crippen LogP) is 10.4. The summed E-state index contributed by atoms with van der Waals surface area (Å²) < 4.78 is 4.17. The largest absolute Gasteiger partial charge is 0.243 e. The van der Waals surface area contributed by atoms with Crippen LogP contribution in [0.1, 0.15) is 0 Å². The van der Waals surface area contributed by atoms with Crippen LogP contribution < -0.4 is 0 Å². The minimum Gasteiger partial charge on any atom is -0.243 e. The molecule has 0 atom stereocenters. The Bertz CT molecular complexity index is 1730. The van der Waals surface area contributed by atoms with Crippen molar-refractivity contribution < 1.29 is 0 Å². The first kappa shape index (κ1) is 21.2. The van der Waals surface area contributed by atoms with Crippen LogP contribution in [0.4, 0.5) is 0 Å².